The molecule has 2 aromatic heterocycles. The topological polar surface area (TPSA) is 79.0 Å². The van der Waals surface area contributed by atoms with E-state index >= 15 is 0 Å². The number of nitrogens with one attached hydrogen (secondary N) is 1. The molecule has 1 aromatic carbocycles. The Balaban J connectivity index is 1.69. The number of nitrogens with zero attached hydrogens (tertiary/aromatic N) is 3. The molecule has 0 spiro atoms. The molecule has 4 rings (SSSR count). The predicted octanol–water partition coefficient (Wildman–Crippen LogP) is 1.75. The molecule has 0 atom stereocenters. The minimum atomic E-state index is -0.330. The van der Waals surface area contributed by atoms with Crippen molar-refractivity contribution in [3.63, 3.8) is 0 Å². The molecule has 21 heavy (non-hydrogen) atoms. The number of fused-ring (bicyclic) bond motifs is 2. The van der Waals surface area contributed by atoms with Crippen LogP contribution in [0.25, 0.3) is 11.0 Å². The molecule has 0 radical (unpaired) electrons. The number of para-hydroxylation sites is 2. The summed E-state index contributed by atoms with van der Waals surface area (Å²) in [5, 5.41) is 0. The Morgan fingerprint density at radius 1 is 1.05 bits per heavy atom. The molecule has 6 heteroatoms. The number of carbonyl (C=O) groups excluding carboxylic acids is 2. The van der Waals surface area contributed by atoms with Gasteiger partial charge in [-0.15, -0.1) is 0 Å². The largest absolute Gasteiger partial charge is 0.340 e. The summed E-state index contributed by atoms with van der Waals surface area (Å²) in [7, 11) is 0. The number of imide groups is 1. The van der Waals surface area contributed by atoms with Crippen molar-refractivity contribution >= 4 is 22.8 Å². The maximum absolute atomic E-state index is 12.3. The maximum Gasteiger partial charge on any atom is 0.263 e. The van der Waals surface area contributed by atoms with Crippen molar-refractivity contribution in [2.45, 2.75) is 6.54 Å². The molecule has 2 amide bonds. The van der Waals surface area contributed by atoms with Crippen molar-refractivity contribution < 1.29 is 9.59 Å². The minimum absolute atomic E-state index is 0.126. The van der Waals surface area contributed by atoms with E-state index in [1.165, 1.54) is 17.3 Å². The Kier molecular flexibility index (Phi) is 2.38. The van der Waals surface area contributed by atoms with E-state index in [9.17, 15) is 9.59 Å². The van der Waals surface area contributed by atoms with Gasteiger partial charge in [-0.3, -0.25) is 19.5 Å². The molecular formula is C15H10N4O2. The lowest BCUT2D eigenvalue weighted by Gasteiger charge is -2.11. The van der Waals surface area contributed by atoms with Crippen LogP contribution in [0.15, 0.2) is 42.7 Å². The lowest BCUT2D eigenvalue weighted by Crippen LogP contribution is -2.29. The number of H-pyrrole nitrogens is 1. The van der Waals surface area contributed by atoms with Gasteiger partial charge in [-0.05, 0) is 18.2 Å². The number of rotatable bonds is 2. The number of benzene rings is 1. The highest BCUT2D eigenvalue weighted by Crippen LogP contribution is 2.23. The molecule has 3 aromatic rings. The molecule has 0 saturated heterocycles. The molecule has 0 bridgehead atoms. The Morgan fingerprint density at radius 3 is 2.67 bits per heavy atom. The first-order valence-electron chi connectivity index (χ1n) is 6.48. The highest BCUT2D eigenvalue weighted by Gasteiger charge is 2.36. The van der Waals surface area contributed by atoms with Gasteiger partial charge in [-0.2, -0.15) is 0 Å². The van der Waals surface area contributed by atoms with Crippen LogP contribution in [-0.4, -0.2) is 31.7 Å². The predicted molar refractivity (Wildman–Crippen MR) is 74.5 cm³/mol. The van der Waals surface area contributed by atoms with E-state index in [1.807, 2.05) is 24.3 Å². The minimum Gasteiger partial charge on any atom is -0.340 e. The van der Waals surface area contributed by atoms with Crippen molar-refractivity contribution in [3.05, 3.63) is 59.7 Å². The molecule has 0 saturated carbocycles. The standard InChI is InChI=1S/C15H10N4O2/c20-14-9-5-6-16-7-10(9)15(21)19(14)8-13-17-11-3-1-2-4-12(11)18-13/h1-7H,8H2,(H,17,18). The Bertz CT molecular complexity index is 816. The molecule has 1 aliphatic rings. The number of aromatic nitrogens is 3. The van der Waals surface area contributed by atoms with Crippen LogP contribution in [0.5, 0.6) is 0 Å². The van der Waals surface area contributed by atoms with E-state index in [-0.39, 0.29) is 18.4 Å². The first kappa shape index (κ1) is 11.8. The van der Waals surface area contributed by atoms with Gasteiger partial charge in [0.15, 0.2) is 0 Å². The first-order chi connectivity index (χ1) is 10.2. The normalized spacial score (nSPS) is 14.0. The number of hydrogen-bond acceptors (Lipinski definition) is 4. The van der Waals surface area contributed by atoms with Gasteiger partial charge >= 0.3 is 0 Å². The second kappa shape index (κ2) is 4.24. The monoisotopic (exact) mass is 278 g/mol. The average Bonchev–Trinajstić information content (AvgIpc) is 3.02. The Hall–Kier alpha value is -3.02. The quantitative estimate of drug-likeness (QED) is 0.724. The molecule has 1 aliphatic heterocycles. The van der Waals surface area contributed by atoms with E-state index in [2.05, 4.69) is 15.0 Å². The molecule has 0 fully saturated rings. The molecule has 0 unspecified atom stereocenters. The van der Waals surface area contributed by atoms with Gasteiger partial charge < -0.3 is 4.98 Å². The van der Waals surface area contributed by atoms with Crippen LogP contribution in [0.3, 0.4) is 0 Å². The molecule has 3 heterocycles. The van der Waals surface area contributed by atoms with Crippen LogP contribution in [0.4, 0.5) is 0 Å². The van der Waals surface area contributed by atoms with Crippen LogP contribution >= 0.6 is 0 Å². The van der Waals surface area contributed by atoms with Crippen molar-refractivity contribution in [2.24, 2.45) is 0 Å². The lowest BCUT2D eigenvalue weighted by atomic mass is 10.2. The third kappa shape index (κ3) is 1.73. The number of imidazole rings is 1. The van der Waals surface area contributed by atoms with Gasteiger partial charge in [0.25, 0.3) is 11.8 Å². The summed E-state index contributed by atoms with van der Waals surface area (Å²) in [6.07, 6.45) is 2.93. The second-order valence-electron chi connectivity index (χ2n) is 4.82. The van der Waals surface area contributed by atoms with Crippen molar-refractivity contribution in [2.75, 3.05) is 0 Å². The number of aromatic amines is 1. The molecule has 6 nitrogen and oxygen atoms in total. The highest BCUT2D eigenvalue weighted by atomic mass is 16.2. The van der Waals surface area contributed by atoms with Crippen LogP contribution in [0, 0.1) is 0 Å². The number of carbonyl (C=O) groups is 2. The molecule has 102 valence electrons. The van der Waals surface area contributed by atoms with Gasteiger partial charge in [0.05, 0.1) is 28.7 Å². The zero-order chi connectivity index (χ0) is 14.4. The summed E-state index contributed by atoms with van der Waals surface area (Å²) >= 11 is 0. The third-order valence-corrected chi connectivity index (χ3v) is 3.52. The summed E-state index contributed by atoms with van der Waals surface area (Å²) in [6.45, 7) is 0.126. The fourth-order valence-corrected chi connectivity index (χ4v) is 2.51. The fourth-order valence-electron chi connectivity index (χ4n) is 2.51. The van der Waals surface area contributed by atoms with Gasteiger partial charge in [-0.25, -0.2) is 4.98 Å². The fraction of sp³-hybridized carbons (Fsp3) is 0.0667. The zero-order valence-corrected chi connectivity index (χ0v) is 10.9. The van der Waals surface area contributed by atoms with Crippen LogP contribution in [-0.2, 0) is 6.54 Å². The summed E-state index contributed by atoms with van der Waals surface area (Å²) in [5.74, 6) is -0.0555. The van der Waals surface area contributed by atoms with Crippen LogP contribution in [0.2, 0.25) is 0 Å². The first-order valence-corrected chi connectivity index (χ1v) is 6.48. The van der Waals surface area contributed by atoms with E-state index in [0.29, 0.717) is 17.0 Å². The summed E-state index contributed by atoms with van der Waals surface area (Å²) in [4.78, 5) is 37.1. The second-order valence-corrected chi connectivity index (χ2v) is 4.82. The molecule has 1 N–H and O–H groups in total. The molecular weight excluding hydrogens is 268 g/mol. The summed E-state index contributed by atoms with van der Waals surface area (Å²) in [6, 6.07) is 9.13. The van der Waals surface area contributed by atoms with Gasteiger partial charge in [0, 0.05) is 12.4 Å². The highest BCUT2D eigenvalue weighted by molar-refractivity contribution is 6.21. The zero-order valence-electron chi connectivity index (χ0n) is 10.9. The van der Waals surface area contributed by atoms with E-state index in [0.717, 1.165) is 11.0 Å². The lowest BCUT2D eigenvalue weighted by molar-refractivity contribution is 0.0638. The summed E-state index contributed by atoms with van der Waals surface area (Å²) < 4.78 is 0. The smallest absolute Gasteiger partial charge is 0.263 e. The van der Waals surface area contributed by atoms with E-state index in [4.69, 9.17) is 0 Å². The van der Waals surface area contributed by atoms with Gasteiger partial charge in [0.1, 0.15) is 5.82 Å². The number of pyridine rings is 1. The van der Waals surface area contributed by atoms with Gasteiger partial charge in [0.2, 0.25) is 0 Å². The van der Waals surface area contributed by atoms with Crippen LogP contribution in [0.1, 0.15) is 26.5 Å². The Morgan fingerprint density at radius 2 is 1.86 bits per heavy atom. The SMILES string of the molecule is O=C1c2ccncc2C(=O)N1Cc1nc2ccccc2[nH]1. The van der Waals surface area contributed by atoms with E-state index in [1.54, 1.807) is 6.07 Å². The number of amides is 2. The van der Waals surface area contributed by atoms with Crippen LogP contribution < -0.4 is 0 Å². The average molecular weight is 278 g/mol. The van der Waals surface area contributed by atoms with Crippen molar-refractivity contribution in [3.8, 4) is 0 Å². The molecule has 0 aliphatic carbocycles. The van der Waals surface area contributed by atoms with Gasteiger partial charge in [-0.1, -0.05) is 12.1 Å². The van der Waals surface area contributed by atoms with Crippen molar-refractivity contribution in [1.29, 1.82) is 0 Å². The number of hydrogen-bond donors (Lipinski definition) is 1. The summed E-state index contributed by atoms with van der Waals surface area (Å²) in [5.41, 5.74) is 2.43. The maximum atomic E-state index is 12.3. The van der Waals surface area contributed by atoms with Crippen molar-refractivity contribution in [1.82, 2.24) is 19.9 Å². The Labute approximate surface area is 119 Å². The third-order valence-electron chi connectivity index (χ3n) is 3.52. The van der Waals surface area contributed by atoms with E-state index < -0.39 is 0 Å².